The van der Waals surface area contributed by atoms with E-state index >= 15 is 0 Å². The number of nitrogens with two attached hydrogens (primary N) is 1. The summed E-state index contributed by atoms with van der Waals surface area (Å²) in [6.07, 6.45) is 0. The van der Waals surface area contributed by atoms with Crippen molar-refractivity contribution in [2.24, 2.45) is 0 Å². The van der Waals surface area contributed by atoms with Crippen LogP contribution in [0.4, 0.5) is 0 Å². The van der Waals surface area contributed by atoms with Crippen molar-refractivity contribution in [3.8, 4) is 5.95 Å². The molecule has 0 aliphatic heterocycles. The summed E-state index contributed by atoms with van der Waals surface area (Å²) in [7, 11) is -3.54. The van der Waals surface area contributed by atoms with Gasteiger partial charge in [-0.15, -0.1) is 10.2 Å². The van der Waals surface area contributed by atoms with Crippen molar-refractivity contribution in [2.75, 3.05) is 18.9 Å². The van der Waals surface area contributed by atoms with Gasteiger partial charge >= 0.3 is 0 Å². The number of hydrogen-bond donors (Lipinski definition) is 2. The van der Waals surface area contributed by atoms with Crippen LogP contribution in [0.3, 0.4) is 0 Å². The molecule has 3 N–H and O–H groups in total. The number of thioether (sulfide) groups is 1. The molecule has 0 spiro atoms. The van der Waals surface area contributed by atoms with E-state index in [1.54, 1.807) is 22.9 Å². The minimum Gasteiger partial charge on any atom is -0.341 e. The standard InChI is InChI=1S/C19H25N9O2S2/c1-5-26(6-2)32(29,30)14-7-8-15-16(10-14)22-17(21-15)11-31-19-24-23-18(27(19)20)28-13(4)9-12(3)25-28/h7-10H,5-6,11,20H2,1-4H3,(H,21,22). The molecule has 11 nitrogen and oxygen atoms in total. The number of benzene rings is 1. The van der Waals surface area contributed by atoms with Crippen LogP contribution < -0.4 is 5.84 Å². The van der Waals surface area contributed by atoms with E-state index in [1.165, 1.54) is 20.7 Å². The fraction of sp³-hybridized carbons (Fsp3) is 0.368. The smallest absolute Gasteiger partial charge is 0.271 e. The summed E-state index contributed by atoms with van der Waals surface area (Å²) in [5.41, 5.74) is 3.12. The summed E-state index contributed by atoms with van der Waals surface area (Å²) >= 11 is 1.37. The number of sulfonamides is 1. The van der Waals surface area contributed by atoms with Gasteiger partial charge in [-0.25, -0.2) is 22.8 Å². The molecule has 32 heavy (non-hydrogen) atoms. The van der Waals surface area contributed by atoms with E-state index in [0.717, 1.165) is 11.4 Å². The Morgan fingerprint density at radius 3 is 2.56 bits per heavy atom. The van der Waals surface area contributed by atoms with E-state index in [1.807, 2.05) is 33.8 Å². The van der Waals surface area contributed by atoms with Crippen molar-refractivity contribution in [1.29, 1.82) is 0 Å². The third-order valence-corrected chi connectivity index (χ3v) is 8.03. The largest absolute Gasteiger partial charge is 0.341 e. The molecule has 4 rings (SSSR count). The summed E-state index contributed by atoms with van der Waals surface area (Å²) in [6.45, 7) is 8.30. The number of nitrogens with zero attached hydrogens (tertiary/aromatic N) is 7. The van der Waals surface area contributed by atoms with Crippen LogP contribution in [0.5, 0.6) is 0 Å². The third kappa shape index (κ3) is 3.98. The lowest BCUT2D eigenvalue weighted by molar-refractivity contribution is 0.445. The molecule has 0 bridgehead atoms. The molecule has 3 heterocycles. The van der Waals surface area contributed by atoms with Crippen molar-refractivity contribution < 1.29 is 8.42 Å². The molecule has 0 aliphatic carbocycles. The fourth-order valence-corrected chi connectivity index (χ4v) is 5.67. The van der Waals surface area contributed by atoms with Crippen LogP contribution in [0.2, 0.25) is 0 Å². The zero-order chi connectivity index (χ0) is 23.0. The zero-order valence-corrected chi connectivity index (χ0v) is 19.9. The average molecular weight is 476 g/mol. The normalized spacial score (nSPS) is 12.3. The van der Waals surface area contributed by atoms with Crippen molar-refractivity contribution in [2.45, 2.75) is 43.5 Å². The van der Waals surface area contributed by atoms with Gasteiger partial charge in [0.15, 0.2) is 0 Å². The van der Waals surface area contributed by atoms with Crippen LogP contribution in [0.25, 0.3) is 17.0 Å². The molecule has 170 valence electrons. The molecule has 0 aliphatic rings. The molecule has 1 aromatic carbocycles. The summed E-state index contributed by atoms with van der Waals surface area (Å²) in [6, 6.07) is 6.86. The number of fused-ring (bicyclic) bond motifs is 1. The number of imidazole rings is 1. The molecule has 13 heteroatoms. The minimum atomic E-state index is -3.54. The van der Waals surface area contributed by atoms with Gasteiger partial charge in [0.2, 0.25) is 15.2 Å². The molecule has 0 atom stereocenters. The first-order valence-corrected chi connectivity index (χ1v) is 12.5. The molecule has 0 radical (unpaired) electrons. The Balaban J connectivity index is 1.54. The van der Waals surface area contributed by atoms with Gasteiger partial charge in [-0.05, 0) is 38.1 Å². The fourth-order valence-electron chi connectivity index (χ4n) is 3.46. The van der Waals surface area contributed by atoms with Crippen molar-refractivity contribution in [3.05, 3.63) is 41.5 Å². The molecule has 0 saturated carbocycles. The summed E-state index contributed by atoms with van der Waals surface area (Å²) in [4.78, 5) is 7.98. The van der Waals surface area contributed by atoms with Crippen LogP contribution in [-0.4, -0.2) is 60.4 Å². The van der Waals surface area contributed by atoms with Crippen molar-refractivity contribution in [1.82, 2.24) is 38.9 Å². The highest BCUT2D eigenvalue weighted by molar-refractivity contribution is 7.98. The summed E-state index contributed by atoms with van der Waals surface area (Å²) in [5.74, 6) is 7.74. The zero-order valence-electron chi connectivity index (χ0n) is 18.3. The van der Waals surface area contributed by atoms with Crippen molar-refractivity contribution >= 4 is 32.8 Å². The van der Waals surface area contributed by atoms with Crippen molar-refractivity contribution in [3.63, 3.8) is 0 Å². The first-order chi connectivity index (χ1) is 15.2. The predicted octanol–water partition coefficient (Wildman–Crippen LogP) is 1.99. The maximum absolute atomic E-state index is 12.8. The second-order valence-electron chi connectivity index (χ2n) is 7.23. The number of aromatic amines is 1. The van der Waals surface area contributed by atoms with E-state index in [9.17, 15) is 8.42 Å². The Kier molecular flexibility index (Phi) is 5.97. The Morgan fingerprint density at radius 2 is 1.91 bits per heavy atom. The van der Waals surface area contributed by atoms with Crippen LogP contribution in [0.15, 0.2) is 34.3 Å². The lowest BCUT2D eigenvalue weighted by Gasteiger charge is -2.18. The predicted molar refractivity (Wildman–Crippen MR) is 123 cm³/mol. The molecular weight excluding hydrogens is 450 g/mol. The lowest BCUT2D eigenvalue weighted by atomic mass is 10.3. The van der Waals surface area contributed by atoms with Crippen LogP contribution in [-0.2, 0) is 15.8 Å². The van der Waals surface area contributed by atoms with Gasteiger partial charge in [0.25, 0.3) is 5.95 Å². The maximum Gasteiger partial charge on any atom is 0.271 e. The monoisotopic (exact) mass is 475 g/mol. The number of rotatable bonds is 8. The molecule has 0 fully saturated rings. The van der Waals surface area contributed by atoms with Gasteiger partial charge in [-0.2, -0.15) is 9.40 Å². The summed E-state index contributed by atoms with van der Waals surface area (Å²) in [5, 5.41) is 13.2. The third-order valence-electron chi connectivity index (χ3n) is 5.03. The number of H-pyrrole nitrogens is 1. The number of hydrogen-bond acceptors (Lipinski definition) is 8. The van der Waals surface area contributed by atoms with Gasteiger partial charge in [0.1, 0.15) is 5.82 Å². The quantitative estimate of drug-likeness (QED) is 0.291. The number of nitrogens with one attached hydrogen (secondary N) is 1. The highest BCUT2D eigenvalue weighted by Crippen LogP contribution is 2.24. The molecule has 4 aromatic rings. The minimum absolute atomic E-state index is 0.243. The highest BCUT2D eigenvalue weighted by atomic mass is 32.2. The Morgan fingerprint density at radius 1 is 1.16 bits per heavy atom. The topological polar surface area (TPSA) is 141 Å². The van der Waals surface area contributed by atoms with E-state index in [2.05, 4.69) is 25.3 Å². The Bertz CT molecular complexity index is 1370. The first kappa shape index (κ1) is 22.3. The van der Waals surface area contributed by atoms with Gasteiger partial charge in [0, 0.05) is 18.8 Å². The first-order valence-electron chi connectivity index (χ1n) is 10.1. The molecule has 3 aromatic heterocycles. The Hall–Kier alpha value is -2.90. The van der Waals surface area contributed by atoms with E-state index < -0.39 is 10.0 Å². The number of aromatic nitrogens is 7. The highest BCUT2D eigenvalue weighted by Gasteiger charge is 2.22. The SMILES string of the molecule is CCN(CC)S(=O)(=O)c1ccc2nc(CSc3nnc(-n4nc(C)cc4C)n3N)[nH]c2c1. The second-order valence-corrected chi connectivity index (χ2v) is 10.1. The van der Waals surface area contributed by atoms with Gasteiger partial charge in [-0.1, -0.05) is 25.6 Å². The molecular formula is C19H25N9O2S2. The molecule has 0 amide bonds. The lowest BCUT2D eigenvalue weighted by Crippen LogP contribution is -2.30. The van der Waals surface area contributed by atoms with Crippen LogP contribution >= 0.6 is 11.8 Å². The number of aryl methyl sites for hydroxylation is 2. The van der Waals surface area contributed by atoms with Gasteiger partial charge in [0.05, 0.1) is 27.4 Å². The van der Waals surface area contributed by atoms with Gasteiger partial charge in [-0.3, -0.25) is 0 Å². The van der Waals surface area contributed by atoms with Crippen LogP contribution in [0.1, 0.15) is 31.1 Å². The molecule has 0 unspecified atom stereocenters. The van der Waals surface area contributed by atoms with E-state index in [4.69, 9.17) is 5.84 Å². The Labute approximate surface area is 190 Å². The van der Waals surface area contributed by atoms with E-state index in [-0.39, 0.29) is 4.90 Å². The number of nitrogen functional groups attached to an aromatic ring is 1. The van der Waals surface area contributed by atoms with Gasteiger partial charge < -0.3 is 10.8 Å². The molecule has 0 saturated heterocycles. The summed E-state index contributed by atoms with van der Waals surface area (Å²) < 4.78 is 30.0. The van der Waals surface area contributed by atoms with E-state index in [0.29, 0.717) is 46.8 Å². The van der Waals surface area contributed by atoms with Crippen LogP contribution in [0, 0.1) is 13.8 Å². The average Bonchev–Trinajstić information content (AvgIpc) is 3.42. The maximum atomic E-state index is 12.8. The second kappa shape index (κ2) is 8.56.